The van der Waals surface area contributed by atoms with Crippen LogP contribution in [-0.2, 0) is 20.0 Å². The van der Waals surface area contributed by atoms with E-state index >= 15 is 0 Å². The molecule has 0 aliphatic heterocycles. The third kappa shape index (κ3) is 4.67. The molecule has 4 aromatic rings. The molecule has 12 heteroatoms. The monoisotopic (exact) mass is 530 g/mol. The van der Waals surface area contributed by atoms with Crippen LogP contribution in [0.25, 0.3) is 11.0 Å². The lowest BCUT2D eigenvalue weighted by atomic mass is 10.3. The summed E-state index contributed by atoms with van der Waals surface area (Å²) in [6.45, 7) is 0. The molecule has 0 saturated carbocycles. The summed E-state index contributed by atoms with van der Waals surface area (Å²) in [4.78, 5) is -0.271. The second kappa shape index (κ2) is 8.49. The maximum atomic E-state index is 12.9. The predicted molar refractivity (Wildman–Crippen MR) is 126 cm³/mol. The number of hydrogen-bond acceptors (Lipinski definition) is 5. The van der Waals surface area contributed by atoms with Crippen molar-refractivity contribution >= 4 is 77.2 Å². The van der Waals surface area contributed by atoms with Gasteiger partial charge in [-0.1, -0.05) is 53.0 Å². The second-order valence-corrected chi connectivity index (χ2v) is 11.1. The van der Waals surface area contributed by atoms with E-state index in [1.165, 1.54) is 42.5 Å². The fraction of sp³-hybridized carbons (Fsp3) is 0. The number of para-hydroxylation sites is 1. The Balaban J connectivity index is 1.71. The van der Waals surface area contributed by atoms with Crippen LogP contribution < -0.4 is 9.44 Å². The first-order valence-electron chi connectivity index (χ1n) is 8.84. The van der Waals surface area contributed by atoms with E-state index in [1.54, 1.807) is 24.3 Å². The molecule has 166 valence electrons. The normalized spacial score (nSPS) is 12.1. The van der Waals surface area contributed by atoms with Crippen LogP contribution in [0.15, 0.2) is 81.1 Å². The SMILES string of the molecule is O=S(=O)(Nc1cc(Cl)ccc1NS(=O)(=O)c1cc(Cl)ccc1Cl)c1cc2ccccc2o1. The standard InChI is InChI=1S/C20H13Cl3N2O5S2/c21-13-6-8-16(24-31(26,27)19-11-14(22)5-7-15(19)23)17(10-13)25-32(28,29)20-9-12-3-1-2-4-18(12)30-20/h1-11,24-25H. The zero-order valence-corrected chi connectivity index (χ0v) is 19.7. The largest absolute Gasteiger partial charge is 0.443 e. The lowest BCUT2D eigenvalue weighted by Gasteiger charge is -2.15. The van der Waals surface area contributed by atoms with E-state index in [1.807, 2.05) is 0 Å². The molecule has 0 aliphatic rings. The number of anilines is 2. The quantitative estimate of drug-likeness (QED) is 0.318. The highest BCUT2D eigenvalue weighted by Gasteiger charge is 2.24. The number of halogens is 3. The van der Waals surface area contributed by atoms with Crippen molar-refractivity contribution in [1.82, 2.24) is 0 Å². The first-order chi connectivity index (χ1) is 15.0. The van der Waals surface area contributed by atoms with E-state index in [2.05, 4.69) is 9.44 Å². The molecule has 0 spiro atoms. The highest BCUT2D eigenvalue weighted by Crippen LogP contribution is 2.33. The Morgan fingerprint density at radius 1 is 0.688 bits per heavy atom. The molecule has 3 aromatic carbocycles. The van der Waals surface area contributed by atoms with E-state index in [4.69, 9.17) is 39.2 Å². The highest BCUT2D eigenvalue weighted by molar-refractivity contribution is 7.93. The fourth-order valence-electron chi connectivity index (χ4n) is 2.86. The van der Waals surface area contributed by atoms with Crippen LogP contribution in [0.2, 0.25) is 15.1 Å². The van der Waals surface area contributed by atoms with Crippen LogP contribution >= 0.6 is 34.8 Å². The van der Waals surface area contributed by atoms with Crippen LogP contribution in [0.4, 0.5) is 11.4 Å². The summed E-state index contributed by atoms with van der Waals surface area (Å²) in [5.41, 5.74) is 0.195. The zero-order chi connectivity index (χ0) is 23.1. The van der Waals surface area contributed by atoms with Crippen LogP contribution in [0.1, 0.15) is 0 Å². The minimum atomic E-state index is -4.21. The number of sulfonamides is 2. The van der Waals surface area contributed by atoms with Gasteiger partial charge in [0, 0.05) is 21.5 Å². The smallest absolute Gasteiger partial charge is 0.295 e. The van der Waals surface area contributed by atoms with Gasteiger partial charge in [0.2, 0.25) is 5.09 Å². The van der Waals surface area contributed by atoms with Crippen molar-refractivity contribution in [3.8, 4) is 0 Å². The maximum absolute atomic E-state index is 12.9. The van der Waals surface area contributed by atoms with Gasteiger partial charge in [-0.2, -0.15) is 8.42 Å². The van der Waals surface area contributed by atoms with E-state index in [0.29, 0.717) is 11.0 Å². The summed E-state index contributed by atoms with van der Waals surface area (Å²) in [6.07, 6.45) is 0. The number of rotatable bonds is 6. The van der Waals surface area contributed by atoms with E-state index in [9.17, 15) is 16.8 Å². The lowest BCUT2D eigenvalue weighted by Crippen LogP contribution is -2.17. The molecule has 0 saturated heterocycles. The van der Waals surface area contributed by atoms with Crippen molar-refractivity contribution in [1.29, 1.82) is 0 Å². The van der Waals surface area contributed by atoms with Gasteiger partial charge < -0.3 is 4.42 Å². The van der Waals surface area contributed by atoms with Gasteiger partial charge in [-0.3, -0.25) is 9.44 Å². The first-order valence-corrected chi connectivity index (χ1v) is 12.9. The topological polar surface area (TPSA) is 105 Å². The molecular weight excluding hydrogens is 519 g/mol. The van der Waals surface area contributed by atoms with Gasteiger partial charge in [-0.25, -0.2) is 8.42 Å². The second-order valence-electron chi connectivity index (χ2n) is 6.58. The maximum Gasteiger partial charge on any atom is 0.295 e. The van der Waals surface area contributed by atoms with E-state index in [-0.39, 0.29) is 36.4 Å². The number of furan rings is 1. The molecule has 1 aromatic heterocycles. The van der Waals surface area contributed by atoms with Gasteiger partial charge in [0.1, 0.15) is 10.5 Å². The minimum Gasteiger partial charge on any atom is -0.443 e. The van der Waals surface area contributed by atoms with E-state index in [0.717, 1.165) is 0 Å². The summed E-state index contributed by atoms with van der Waals surface area (Å²) < 4.78 is 61.6. The average Bonchev–Trinajstić information content (AvgIpc) is 3.17. The summed E-state index contributed by atoms with van der Waals surface area (Å²) in [6, 6.07) is 16.1. The molecule has 0 aliphatic carbocycles. The molecule has 1 heterocycles. The Hall–Kier alpha value is -2.43. The van der Waals surface area contributed by atoms with Crippen LogP contribution in [0.5, 0.6) is 0 Å². The fourth-order valence-corrected chi connectivity index (χ4v) is 5.91. The van der Waals surface area contributed by atoms with Crippen LogP contribution in [0, 0.1) is 0 Å². The van der Waals surface area contributed by atoms with Gasteiger partial charge in [0.25, 0.3) is 20.0 Å². The molecule has 2 N–H and O–H groups in total. The molecule has 4 rings (SSSR count). The number of hydrogen-bond donors (Lipinski definition) is 2. The third-order valence-corrected chi connectivity index (χ3v) is 7.86. The molecule has 0 unspecified atom stereocenters. The summed E-state index contributed by atoms with van der Waals surface area (Å²) in [5, 5.41) is 0.536. The van der Waals surface area contributed by atoms with Crippen LogP contribution in [-0.4, -0.2) is 16.8 Å². The predicted octanol–water partition coefficient (Wildman–Crippen LogP) is 5.99. The lowest BCUT2D eigenvalue weighted by molar-refractivity contribution is 0.484. The van der Waals surface area contributed by atoms with Gasteiger partial charge in [-0.15, -0.1) is 0 Å². The third-order valence-electron chi connectivity index (χ3n) is 4.32. The van der Waals surface area contributed by atoms with Crippen molar-refractivity contribution in [3.05, 3.63) is 81.8 Å². The number of benzene rings is 3. The summed E-state index contributed by atoms with van der Waals surface area (Å²) in [5.74, 6) is 0. The number of fused-ring (bicyclic) bond motifs is 1. The molecule has 0 bridgehead atoms. The number of nitrogens with one attached hydrogen (secondary N) is 2. The highest BCUT2D eigenvalue weighted by atomic mass is 35.5. The Labute approximate surface area is 199 Å². The molecule has 32 heavy (non-hydrogen) atoms. The molecule has 0 radical (unpaired) electrons. The minimum absolute atomic E-state index is 0.0553. The van der Waals surface area contributed by atoms with Crippen molar-refractivity contribution < 1.29 is 21.3 Å². The molecule has 0 amide bonds. The van der Waals surface area contributed by atoms with Gasteiger partial charge >= 0.3 is 0 Å². The average molecular weight is 532 g/mol. The van der Waals surface area contributed by atoms with Crippen LogP contribution in [0.3, 0.4) is 0 Å². The van der Waals surface area contributed by atoms with Crippen molar-refractivity contribution in [2.24, 2.45) is 0 Å². The summed E-state index contributed by atoms with van der Waals surface area (Å²) in [7, 11) is -8.42. The Kier molecular flexibility index (Phi) is 6.04. The summed E-state index contributed by atoms with van der Waals surface area (Å²) >= 11 is 17.9. The van der Waals surface area contributed by atoms with Gasteiger partial charge in [0.05, 0.1) is 16.4 Å². The zero-order valence-electron chi connectivity index (χ0n) is 15.8. The van der Waals surface area contributed by atoms with Crippen molar-refractivity contribution in [3.63, 3.8) is 0 Å². The van der Waals surface area contributed by atoms with Gasteiger partial charge in [-0.05, 0) is 42.5 Å². The van der Waals surface area contributed by atoms with Crippen molar-refractivity contribution in [2.75, 3.05) is 9.44 Å². The van der Waals surface area contributed by atoms with Gasteiger partial charge in [0.15, 0.2) is 0 Å². The molecule has 0 atom stereocenters. The first kappa shape index (κ1) is 22.8. The molecule has 7 nitrogen and oxygen atoms in total. The van der Waals surface area contributed by atoms with E-state index < -0.39 is 20.0 Å². The molecular formula is C20H13Cl3N2O5S2. The Bertz CT molecular complexity index is 1520. The molecule has 0 fully saturated rings. The van der Waals surface area contributed by atoms with Crippen molar-refractivity contribution in [2.45, 2.75) is 9.99 Å². The Morgan fingerprint density at radius 2 is 1.34 bits per heavy atom. The Morgan fingerprint density at radius 3 is 2.09 bits per heavy atom.